The van der Waals surface area contributed by atoms with Crippen LogP contribution < -0.4 is 10.0 Å². The normalized spacial score (nSPS) is 15.8. The van der Waals surface area contributed by atoms with Gasteiger partial charge >= 0.3 is 0 Å². The second-order valence-corrected chi connectivity index (χ2v) is 13.8. The lowest BCUT2D eigenvalue weighted by molar-refractivity contribution is 0.301. The summed E-state index contributed by atoms with van der Waals surface area (Å²) in [5.41, 5.74) is 3.86. The number of sulfone groups is 1. The number of aromatic nitrogens is 3. The maximum Gasteiger partial charge on any atom is 0.240 e. The van der Waals surface area contributed by atoms with E-state index in [0.29, 0.717) is 22.8 Å². The summed E-state index contributed by atoms with van der Waals surface area (Å²) in [4.78, 5) is 12.6. The van der Waals surface area contributed by atoms with Gasteiger partial charge in [-0.3, -0.25) is 0 Å². The molecule has 3 heterocycles. The summed E-state index contributed by atoms with van der Waals surface area (Å²) in [5, 5.41) is 13.2. The molecule has 0 aliphatic carbocycles. The highest BCUT2D eigenvalue weighted by molar-refractivity contribution is 7.91. The summed E-state index contributed by atoms with van der Waals surface area (Å²) in [6.45, 7) is 3.79. The summed E-state index contributed by atoms with van der Waals surface area (Å²) in [5.74, 6) is 0.912. The summed E-state index contributed by atoms with van der Waals surface area (Å²) in [6, 6.07) is 13.8. The third-order valence-corrected chi connectivity index (χ3v) is 10.3. The largest absolute Gasteiger partial charge is 0.395 e. The lowest BCUT2D eigenvalue weighted by Crippen LogP contribution is -2.26. The molecule has 2 aromatic carbocycles. The summed E-state index contributed by atoms with van der Waals surface area (Å²) < 4.78 is 52.4. The minimum Gasteiger partial charge on any atom is -0.395 e. The van der Waals surface area contributed by atoms with Crippen molar-refractivity contribution in [2.24, 2.45) is 5.92 Å². The van der Waals surface area contributed by atoms with Crippen LogP contribution in [-0.4, -0.2) is 55.8 Å². The number of hydrogen-bond acceptors (Lipinski definition) is 8. The predicted molar refractivity (Wildman–Crippen MR) is 150 cm³/mol. The van der Waals surface area contributed by atoms with Gasteiger partial charge in [0.15, 0.2) is 9.84 Å². The van der Waals surface area contributed by atoms with Gasteiger partial charge in [-0.05, 0) is 59.7 Å². The van der Waals surface area contributed by atoms with E-state index in [1.807, 2.05) is 18.2 Å². The van der Waals surface area contributed by atoms with Crippen LogP contribution in [0.3, 0.4) is 0 Å². The Bertz CT molecular complexity index is 1720. The van der Waals surface area contributed by atoms with Crippen LogP contribution >= 0.6 is 0 Å². The number of fused-ring (bicyclic) bond motifs is 2. The average molecular weight is 570 g/mol. The number of aliphatic hydroxyl groups excluding tert-OH is 1. The first-order valence-corrected chi connectivity index (χ1v) is 15.9. The zero-order valence-corrected chi connectivity index (χ0v) is 23.3. The monoisotopic (exact) mass is 569 g/mol. The molecule has 206 valence electrons. The van der Waals surface area contributed by atoms with Crippen LogP contribution in [0.2, 0.25) is 0 Å². The fourth-order valence-electron chi connectivity index (χ4n) is 4.89. The van der Waals surface area contributed by atoms with Crippen molar-refractivity contribution in [2.45, 2.75) is 42.5 Å². The van der Waals surface area contributed by atoms with E-state index in [-0.39, 0.29) is 35.8 Å². The second kappa shape index (κ2) is 10.7. The van der Waals surface area contributed by atoms with Gasteiger partial charge in [-0.1, -0.05) is 38.1 Å². The Hall–Kier alpha value is -3.32. The number of nitrogens with one attached hydrogen (secondary N) is 3. The molecule has 1 aliphatic heterocycles. The van der Waals surface area contributed by atoms with Crippen molar-refractivity contribution in [1.82, 2.24) is 19.7 Å². The molecule has 39 heavy (non-hydrogen) atoms. The van der Waals surface area contributed by atoms with Crippen LogP contribution in [0, 0.1) is 5.92 Å². The fraction of sp³-hybridized carbons (Fsp3) is 0.333. The van der Waals surface area contributed by atoms with Gasteiger partial charge in [0, 0.05) is 12.2 Å². The third-order valence-electron chi connectivity index (χ3n) is 6.91. The van der Waals surface area contributed by atoms with Gasteiger partial charge in [0.2, 0.25) is 10.0 Å². The van der Waals surface area contributed by atoms with Crippen LogP contribution in [0.5, 0.6) is 0 Å². The predicted octanol–water partition coefficient (Wildman–Crippen LogP) is 3.42. The van der Waals surface area contributed by atoms with E-state index < -0.39 is 19.9 Å². The van der Waals surface area contributed by atoms with E-state index in [9.17, 15) is 16.8 Å². The molecule has 0 bridgehead atoms. The van der Waals surface area contributed by atoms with Crippen LogP contribution in [0.1, 0.15) is 37.4 Å². The number of aliphatic hydroxyl groups is 1. The highest BCUT2D eigenvalue weighted by Crippen LogP contribution is 2.34. The van der Waals surface area contributed by atoms with Gasteiger partial charge in [-0.25, -0.2) is 31.5 Å². The van der Waals surface area contributed by atoms with E-state index in [0.717, 1.165) is 34.2 Å². The zero-order valence-electron chi connectivity index (χ0n) is 21.7. The minimum absolute atomic E-state index is 0.0564. The van der Waals surface area contributed by atoms with Crippen LogP contribution in [0.25, 0.3) is 22.3 Å². The molecule has 0 saturated heterocycles. The molecular weight excluding hydrogens is 538 g/mol. The zero-order chi connectivity index (χ0) is 27.8. The van der Waals surface area contributed by atoms with Crippen LogP contribution in [-0.2, 0) is 26.3 Å². The minimum atomic E-state index is -3.70. The Balaban J connectivity index is 1.46. The first kappa shape index (κ1) is 27.3. The number of benzene rings is 2. The van der Waals surface area contributed by atoms with Crippen LogP contribution in [0.4, 0.5) is 5.82 Å². The molecule has 4 N–H and O–H groups in total. The van der Waals surface area contributed by atoms with E-state index in [2.05, 4.69) is 38.8 Å². The first-order valence-electron chi connectivity index (χ1n) is 12.8. The number of rotatable bonds is 9. The third kappa shape index (κ3) is 5.55. The summed E-state index contributed by atoms with van der Waals surface area (Å²) in [7, 11) is -6.99. The van der Waals surface area contributed by atoms with Gasteiger partial charge in [0.25, 0.3) is 0 Å². The smallest absolute Gasteiger partial charge is 0.240 e. The maximum absolute atomic E-state index is 12.7. The molecule has 1 aliphatic rings. The number of anilines is 1. The van der Waals surface area contributed by atoms with Crippen molar-refractivity contribution in [3.63, 3.8) is 0 Å². The standard InChI is InChI=1S/C27H31N5O5S2/c1-17(2)25(20-6-5-19-4-3-13-38(34,35)24(19)14-20)32-27-22-15-23(31-26(22)28-16-29-27)18-7-9-21(10-8-18)39(36,37)30-11-12-33/h5-10,14-17,25,30,33H,3-4,11-13H2,1-2H3,(H2,28,29,31,32)/t25-/m1/s1. The highest BCUT2D eigenvalue weighted by atomic mass is 32.2. The molecule has 1 atom stereocenters. The van der Waals surface area contributed by atoms with Crippen molar-refractivity contribution in [3.05, 3.63) is 66.0 Å². The molecule has 5 rings (SSSR count). The Kier molecular flexibility index (Phi) is 7.47. The molecule has 0 spiro atoms. The maximum atomic E-state index is 12.7. The molecule has 2 aromatic heterocycles. The lowest BCUT2D eigenvalue weighted by atomic mass is 9.94. The van der Waals surface area contributed by atoms with Gasteiger partial charge < -0.3 is 15.4 Å². The molecular formula is C27H31N5O5S2. The average Bonchev–Trinajstić information content (AvgIpc) is 3.36. The van der Waals surface area contributed by atoms with Crippen molar-refractivity contribution in [3.8, 4) is 11.3 Å². The molecule has 10 nitrogen and oxygen atoms in total. The van der Waals surface area contributed by atoms with Crippen molar-refractivity contribution < 1.29 is 21.9 Å². The van der Waals surface area contributed by atoms with E-state index in [1.54, 1.807) is 18.2 Å². The molecule has 0 unspecified atom stereocenters. The van der Waals surface area contributed by atoms with Gasteiger partial charge in [0.1, 0.15) is 17.8 Å². The topological polar surface area (TPSA) is 154 Å². The van der Waals surface area contributed by atoms with Crippen molar-refractivity contribution >= 4 is 36.7 Å². The number of hydrogen-bond donors (Lipinski definition) is 4. The Morgan fingerprint density at radius 3 is 2.56 bits per heavy atom. The van der Waals surface area contributed by atoms with E-state index >= 15 is 0 Å². The molecule has 0 saturated carbocycles. The fourth-order valence-corrected chi connectivity index (χ4v) is 7.54. The summed E-state index contributed by atoms with van der Waals surface area (Å²) in [6.07, 6.45) is 2.87. The van der Waals surface area contributed by atoms with E-state index in [1.165, 1.54) is 18.5 Å². The Labute approximate surface area is 227 Å². The highest BCUT2D eigenvalue weighted by Gasteiger charge is 2.26. The molecule has 0 radical (unpaired) electrons. The van der Waals surface area contributed by atoms with Crippen molar-refractivity contribution in [2.75, 3.05) is 24.2 Å². The SMILES string of the molecule is CC(C)[C@@H](Nc1ncnc2[nH]c(-c3ccc(S(=O)(=O)NCCO)cc3)cc12)c1ccc2c(c1)S(=O)(=O)CCC2. The van der Waals surface area contributed by atoms with Gasteiger partial charge in [-0.2, -0.15) is 0 Å². The van der Waals surface area contributed by atoms with Crippen molar-refractivity contribution in [1.29, 1.82) is 0 Å². The second-order valence-electron chi connectivity index (χ2n) is 9.97. The summed E-state index contributed by atoms with van der Waals surface area (Å²) >= 11 is 0. The molecule has 0 fully saturated rings. The van der Waals surface area contributed by atoms with Gasteiger partial charge in [0.05, 0.1) is 33.6 Å². The Morgan fingerprint density at radius 2 is 1.85 bits per heavy atom. The Morgan fingerprint density at radius 1 is 1.08 bits per heavy atom. The lowest BCUT2D eigenvalue weighted by Gasteiger charge is -2.26. The molecule has 0 amide bonds. The number of aryl methyl sites for hydroxylation is 1. The number of nitrogens with zero attached hydrogens (tertiary/aromatic N) is 2. The first-order chi connectivity index (χ1) is 18.6. The van der Waals surface area contributed by atoms with E-state index in [4.69, 9.17) is 5.11 Å². The number of sulfonamides is 1. The van der Waals surface area contributed by atoms with Crippen LogP contribution in [0.15, 0.2) is 64.6 Å². The quantitative estimate of drug-likeness (QED) is 0.239. The molecule has 12 heteroatoms. The number of aromatic amines is 1. The molecule has 4 aromatic rings. The number of H-pyrrole nitrogens is 1. The van der Waals surface area contributed by atoms with Gasteiger partial charge in [-0.15, -0.1) is 0 Å².